The van der Waals surface area contributed by atoms with Crippen LogP contribution in [0.3, 0.4) is 0 Å². The molecule has 0 saturated heterocycles. The van der Waals surface area contributed by atoms with Gasteiger partial charge in [0.25, 0.3) is 0 Å². The van der Waals surface area contributed by atoms with Crippen molar-refractivity contribution in [3.63, 3.8) is 0 Å². The molecule has 15 heteroatoms. The molecule has 0 fully saturated rings. The molecule has 1 amide bonds. The van der Waals surface area contributed by atoms with Gasteiger partial charge in [-0.15, -0.1) is 0 Å². The Hall–Kier alpha value is -6.77. The fourth-order valence-corrected chi connectivity index (χ4v) is 5.97. The highest BCUT2D eigenvalue weighted by atomic mass is 19.2. The lowest BCUT2D eigenvalue weighted by molar-refractivity contribution is -0.114. The van der Waals surface area contributed by atoms with Crippen molar-refractivity contribution in [2.45, 2.75) is 20.8 Å². The van der Waals surface area contributed by atoms with E-state index in [0.29, 0.717) is 28.7 Å². The van der Waals surface area contributed by atoms with Crippen molar-refractivity contribution in [2.75, 3.05) is 5.32 Å². The average Bonchev–Trinajstić information content (AvgIpc) is 3.08. The second kappa shape index (κ2) is 11.7. The summed E-state index contributed by atoms with van der Waals surface area (Å²) in [5.41, 5.74) is 0.143. The molecular weight excluding hydrogens is 678 g/mol. The maximum Gasteiger partial charge on any atom is 0.341 e. The number of pyridine rings is 2. The minimum absolute atomic E-state index is 0.0380. The Morgan fingerprint density at radius 2 is 1.25 bits per heavy atom. The summed E-state index contributed by atoms with van der Waals surface area (Å²) in [7, 11) is 0. The summed E-state index contributed by atoms with van der Waals surface area (Å²) in [6.45, 7) is 4.30. The number of aromatic carboxylic acids is 1. The SMILES string of the molecule is CC(=O)Nc1ccc2c(c1)Oc1c(F)c(F)cc3c(=O)c(C)cn-2c13.CC(=O)c1ccc2c(c1)Oc1c(F)c(F)cc3c(=O)c(C(=O)O)cn-2c13. The largest absolute Gasteiger partial charge is 0.477 e. The summed E-state index contributed by atoms with van der Waals surface area (Å²) >= 11 is 0. The number of benzene rings is 4. The molecule has 11 nitrogen and oxygen atoms in total. The van der Waals surface area contributed by atoms with Crippen LogP contribution in [0, 0.1) is 30.2 Å². The van der Waals surface area contributed by atoms with E-state index < -0.39 is 46.0 Å². The summed E-state index contributed by atoms with van der Waals surface area (Å²) in [5.74, 6) is -7.62. The van der Waals surface area contributed by atoms with Gasteiger partial charge in [0.15, 0.2) is 45.8 Å². The lowest BCUT2D eigenvalue weighted by Crippen LogP contribution is -2.21. The molecule has 2 aromatic heterocycles. The standard InChI is InChI=1S/C18H12F2N2O3.C18H9F2NO5/c1-8-7-22-13-4-3-10(21-9(2)23)5-14(13)25-18-15(20)12(19)6-11(16(18)22)17(8)24;1-7(22)8-2-3-12-13(4-8)26-17-14(20)11(19)5-9-15(17)21(12)6-10(16(9)23)18(24)25/h3-7H,1-2H3,(H,21,23);2-6H,1H3,(H,24,25). The van der Waals surface area contributed by atoms with Crippen molar-refractivity contribution in [2.24, 2.45) is 0 Å². The maximum absolute atomic E-state index is 14.3. The van der Waals surface area contributed by atoms with E-state index in [9.17, 15) is 46.6 Å². The molecule has 2 N–H and O–H groups in total. The molecular formula is C36H21F4N3O8. The summed E-state index contributed by atoms with van der Waals surface area (Å²) in [5, 5.41) is 11.6. The number of nitrogens with one attached hydrogen (secondary N) is 1. The van der Waals surface area contributed by atoms with Crippen LogP contribution in [0.4, 0.5) is 23.2 Å². The van der Waals surface area contributed by atoms with E-state index in [-0.39, 0.29) is 61.7 Å². The number of aromatic nitrogens is 2. The van der Waals surface area contributed by atoms with Gasteiger partial charge in [0, 0.05) is 42.2 Å². The number of Topliss-reactive ketones (excluding diaryl/α,β-unsaturated/α-hetero) is 1. The predicted molar refractivity (Wildman–Crippen MR) is 175 cm³/mol. The van der Waals surface area contributed by atoms with Gasteiger partial charge in [-0.2, -0.15) is 8.78 Å². The zero-order valence-electron chi connectivity index (χ0n) is 26.5. The number of aryl methyl sites for hydroxylation is 1. The Balaban J connectivity index is 0.000000159. The van der Waals surface area contributed by atoms with Gasteiger partial charge in [0.1, 0.15) is 16.6 Å². The van der Waals surface area contributed by atoms with Gasteiger partial charge in [0.2, 0.25) is 23.0 Å². The number of ether oxygens (including phenoxy) is 2. The lowest BCUT2D eigenvalue weighted by Gasteiger charge is -2.24. The van der Waals surface area contributed by atoms with Crippen LogP contribution in [0.2, 0.25) is 0 Å². The first-order valence-corrected chi connectivity index (χ1v) is 14.9. The molecule has 2 aliphatic rings. The van der Waals surface area contributed by atoms with E-state index in [0.717, 1.165) is 12.3 Å². The second-order valence-corrected chi connectivity index (χ2v) is 11.7. The van der Waals surface area contributed by atoms with Gasteiger partial charge < -0.3 is 29.0 Å². The van der Waals surface area contributed by atoms with Crippen LogP contribution in [-0.2, 0) is 4.79 Å². The van der Waals surface area contributed by atoms with Gasteiger partial charge in [0.05, 0.1) is 22.1 Å². The summed E-state index contributed by atoms with van der Waals surface area (Å²) in [6, 6.07) is 10.7. The highest BCUT2D eigenvalue weighted by Gasteiger charge is 2.30. The molecule has 51 heavy (non-hydrogen) atoms. The maximum atomic E-state index is 14.3. The quantitative estimate of drug-likeness (QED) is 0.149. The lowest BCUT2D eigenvalue weighted by atomic mass is 10.1. The van der Waals surface area contributed by atoms with Crippen molar-refractivity contribution in [3.8, 4) is 34.4 Å². The number of fused-ring (bicyclic) bond motifs is 4. The Morgan fingerprint density at radius 1 is 0.725 bits per heavy atom. The number of nitrogens with zero attached hydrogens (tertiary/aromatic N) is 2. The van der Waals surface area contributed by atoms with Crippen molar-refractivity contribution >= 4 is 45.2 Å². The van der Waals surface area contributed by atoms with Crippen LogP contribution in [0.5, 0.6) is 23.0 Å². The van der Waals surface area contributed by atoms with E-state index in [1.54, 1.807) is 29.8 Å². The van der Waals surface area contributed by atoms with Gasteiger partial charge in [-0.1, -0.05) is 0 Å². The van der Waals surface area contributed by atoms with Crippen LogP contribution in [0.25, 0.3) is 33.2 Å². The Kier molecular flexibility index (Phi) is 7.51. The van der Waals surface area contributed by atoms with Crippen molar-refractivity contribution < 1.29 is 46.5 Å². The van der Waals surface area contributed by atoms with Crippen LogP contribution in [0.15, 0.2) is 70.5 Å². The van der Waals surface area contributed by atoms with Gasteiger partial charge in [-0.25, -0.2) is 13.6 Å². The normalized spacial score (nSPS) is 11.8. The zero-order chi connectivity index (χ0) is 36.6. The molecule has 0 aliphatic carbocycles. The van der Waals surface area contributed by atoms with E-state index in [4.69, 9.17) is 9.47 Å². The number of ketones is 1. The molecule has 0 bridgehead atoms. The topological polar surface area (TPSA) is 146 Å². The Labute approximate surface area is 282 Å². The Bertz CT molecular complexity index is 2720. The smallest absolute Gasteiger partial charge is 0.341 e. The van der Waals surface area contributed by atoms with Crippen LogP contribution >= 0.6 is 0 Å². The van der Waals surface area contributed by atoms with Crippen molar-refractivity contribution in [1.29, 1.82) is 0 Å². The molecule has 6 aromatic rings. The van der Waals surface area contributed by atoms with Crippen LogP contribution in [0.1, 0.15) is 40.1 Å². The summed E-state index contributed by atoms with van der Waals surface area (Å²) < 4.78 is 70.3. The minimum atomic E-state index is -1.50. The first kappa shape index (κ1) is 32.8. The highest BCUT2D eigenvalue weighted by molar-refractivity contribution is 5.98. The molecule has 4 heterocycles. The average molecular weight is 700 g/mol. The molecule has 0 radical (unpaired) electrons. The van der Waals surface area contributed by atoms with Crippen LogP contribution in [-0.4, -0.2) is 31.9 Å². The number of carboxylic acids is 1. The number of carbonyl (C=O) groups excluding carboxylic acids is 2. The summed E-state index contributed by atoms with van der Waals surface area (Å²) in [6.07, 6.45) is 2.59. The molecule has 2 aliphatic heterocycles. The number of carboxylic acid groups (broad SMARTS) is 1. The molecule has 256 valence electrons. The third-order valence-electron chi connectivity index (χ3n) is 8.28. The number of hydrogen-bond acceptors (Lipinski definition) is 7. The molecule has 0 saturated carbocycles. The fraction of sp³-hybridized carbons (Fsp3) is 0.0833. The van der Waals surface area contributed by atoms with E-state index in [1.807, 2.05) is 0 Å². The molecule has 4 aromatic carbocycles. The second-order valence-electron chi connectivity index (χ2n) is 11.7. The first-order valence-electron chi connectivity index (χ1n) is 14.9. The van der Waals surface area contributed by atoms with E-state index in [1.165, 1.54) is 42.7 Å². The number of hydrogen-bond donors (Lipinski definition) is 2. The Morgan fingerprint density at radius 3 is 1.80 bits per heavy atom. The number of halogens is 4. The molecule has 0 spiro atoms. The number of amides is 1. The number of carbonyl (C=O) groups is 3. The third kappa shape index (κ3) is 5.17. The molecule has 0 unspecified atom stereocenters. The van der Waals surface area contributed by atoms with Crippen molar-refractivity contribution in [3.05, 3.63) is 121 Å². The third-order valence-corrected chi connectivity index (χ3v) is 8.28. The predicted octanol–water partition coefficient (Wildman–Crippen LogP) is 6.92. The minimum Gasteiger partial charge on any atom is -0.477 e. The van der Waals surface area contributed by atoms with E-state index in [2.05, 4.69) is 5.32 Å². The van der Waals surface area contributed by atoms with Gasteiger partial charge in [-0.05, 0) is 56.3 Å². The number of anilines is 1. The van der Waals surface area contributed by atoms with Gasteiger partial charge >= 0.3 is 5.97 Å². The first-order chi connectivity index (χ1) is 24.2. The van der Waals surface area contributed by atoms with Crippen LogP contribution < -0.4 is 25.6 Å². The van der Waals surface area contributed by atoms with Gasteiger partial charge in [-0.3, -0.25) is 19.2 Å². The fourth-order valence-electron chi connectivity index (χ4n) is 5.97. The number of rotatable bonds is 3. The summed E-state index contributed by atoms with van der Waals surface area (Å²) in [4.78, 5) is 58.8. The molecule has 0 atom stereocenters. The van der Waals surface area contributed by atoms with Crippen molar-refractivity contribution in [1.82, 2.24) is 9.13 Å². The zero-order valence-corrected chi connectivity index (χ0v) is 26.5. The van der Waals surface area contributed by atoms with E-state index >= 15 is 0 Å². The highest BCUT2D eigenvalue weighted by Crippen LogP contribution is 2.44. The monoisotopic (exact) mass is 699 g/mol. The molecule has 8 rings (SSSR count).